The molecule has 0 saturated carbocycles. The minimum atomic E-state index is 0.219. The van der Waals surface area contributed by atoms with E-state index in [1.807, 2.05) is 31.2 Å². The minimum Gasteiger partial charge on any atom is -0.294 e. The molecule has 0 bridgehead atoms. The molecule has 0 N–H and O–H groups in total. The molecule has 1 nitrogen and oxygen atoms in total. The van der Waals surface area contributed by atoms with Gasteiger partial charge in [-0.3, -0.25) is 4.79 Å². The molecule has 1 aromatic rings. The van der Waals surface area contributed by atoms with Crippen LogP contribution < -0.4 is 0 Å². The number of carbonyl (C=O) groups is 1. The molecule has 1 aliphatic carbocycles. The third-order valence-corrected chi connectivity index (χ3v) is 2.64. The van der Waals surface area contributed by atoms with E-state index in [9.17, 15) is 4.79 Å². The molecule has 0 heterocycles. The van der Waals surface area contributed by atoms with E-state index in [4.69, 9.17) is 0 Å². The Balaban J connectivity index is 2.74. The Morgan fingerprint density at radius 3 is 2.86 bits per heavy atom. The summed E-state index contributed by atoms with van der Waals surface area (Å²) >= 11 is 0. The molecule has 0 amide bonds. The molecule has 0 atom stereocenters. The highest BCUT2D eigenvalue weighted by Crippen LogP contribution is 2.34. The summed E-state index contributed by atoms with van der Waals surface area (Å²) in [6.45, 7) is 5.73. The van der Waals surface area contributed by atoms with Gasteiger partial charge in [0.1, 0.15) is 0 Å². The molecule has 1 aromatic carbocycles. The van der Waals surface area contributed by atoms with Gasteiger partial charge in [-0.25, -0.2) is 0 Å². The first-order chi connectivity index (χ1) is 6.77. The van der Waals surface area contributed by atoms with Crippen molar-refractivity contribution in [3.63, 3.8) is 0 Å². The number of ketones is 1. The summed E-state index contributed by atoms with van der Waals surface area (Å²) in [6, 6.07) is 5.79. The number of carbonyl (C=O) groups excluding carboxylic acids is 1. The summed E-state index contributed by atoms with van der Waals surface area (Å²) < 4.78 is 0. The molecular formula is C13H12O. The van der Waals surface area contributed by atoms with Crippen LogP contribution in [0, 0.1) is 0 Å². The van der Waals surface area contributed by atoms with E-state index in [1.54, 1.807) is 6.08 Å². The highest BCUT2D eigenvalue weighted by atomic mass is 16.1. The number of fused-ring (bicyclic) bond motifs is 1. The van der Waals surface area contributed by atoms with E-state index < -0.39 is 0 Å². The Labute approximate surface area is 83.8 Å². The zero-order chi connectivity index (χ0) is 10.1. The summed E-state index contributed by atoms with van der Waals surface area (Å²) in [5.41, 5.74) is 4.10. The van der Waals surface area contributed by atoms with Crippen LogP contribution in [-0.4, -0.2) is 5.78 Å². The van der Waals surface area contributed by atoms with E-state index in [1.165, 1.54) is 0 Å². The first-order valence-corrected chi connectivity index (χ1v) is 4.72. The van der Waals surface area contributed by atoms with Crippen LogP contribution in [0.1, 0.15) is 34.8 Å². The van der Waals surface area contributed by atoms with Gasteiger partial charge in [-0.2, -0.15) is 0 Å². The maximum Gasteiger partial charge on any atom is 0.167 e. The fourth-order valence-corrected chi connectivity index (χ4v) is 1.93. The van der Waals surface area contributed by atoms with Crippen molar-refractivity contribution in [1.82, 2.24) is 0 Å². The van der Waals surface area contributed by atoms with Crippen LogP contribution in [0.2, 0.25) is 0 Å². The van der Waals surface area contributed by atoms with Crippen molar-refractivity contribution in [3.05, 3.63) is 47.5 Å². The van der Waals surface area contributed by atoms with Gasteiger partial charge in [0.2, 0.25) is 0 Å². The lowest BCUT2D eigenvalue weighted by Crippen LogP contribution is -1.91. The van der Waals surface area contributed by atoms with Crippen LogP contribution in [-0.2, 0) is 0 Å². The second-order valence-electron chi connectivity index (χ2n) is 3.39. The van der Waals surface area contributed by atoms with Crippen molar-refractivity contribution in [1.29, 1.82) is 0 Å². The smallest absolute Gasteiger partial charge is 0.167 e. The highest BCUT2D eigenvalue weighted by Gasteiger charge is 2.24. The molecule has 0 radical (unpaired) electrons. The van der Waals surface area contributed by atoms with Crippen LogP contribution in [0.25, 0.3) is 11.6 Å². The third-order valence-electron chi connectivity index (χ3n) is 2.64. The highest BCUT2D eigenvalue weighted by molar-refractivity contribution is 6.13. The predicted octanol–water partition coefficient (Wildman–Crippen LogP) is 3.32. The van der Waals surface area contributed by atoms with E-state index in [0.717, 1.165) is 22.3 Å². The van der Waals surface area contributed by atoms with Crippen molar-refractivity contribution in [2.45, 2.75) is 13.3 Å². The Kier molecular flexibility index (Phi) is 2.08. The number of Topliss-reactive ketones (excluding diaryl/α,β-unsaturated/α-hetero) is 1. The number of benzene rings is 1. The van der Waals surface area contributed by atoms with E-state index in [-0.39, 0.29) is 5.78 Å². The summed E-state index contributed by atoms with van der Waals surface area (Å²) in [5, 5.41) is 0. The molecule has 0 fully saturated rings. The molecule has 2 rings (SSSR count). The first-order valence-electron chi connectivity index (χ1n) is 4.72. The van der Waals surface area contributed by atoms with Gasteiger partial charge in [0.15, 0.2) is 5.78 Å². The van der Waals surface area contributed by atoms with Crippen molar-refractivity contribution < 1.29 is 4.79 Å². The zero-order valence-electron chi connectivity index (χ0n) is 8.21. The van der Waals surface area contributed by atoms with Crippen molar-refractivity contribution in [2.75, 3.05) is 0 Å². The normalized spacial score (nSPS) is 17.2. The maximum atomic E-state index is 11.6. The number of rotatable bonds is 1. The molecule has 0 aliphatic heterocycles. The van der Waals surface area contributed by atoms with Crippen LogP contribution in [0.15, 0.2) is 30.9 Å². The standard InChI is InChI=1S/C13H12O/c1-3-9-6-5-7-11-12(14)8-10(4-2)13(9)11/h3-7H,1,8H2,2H3/b10-4-. The molecule has 1 aliphatic rings. The Bertz CT molecular complexity index is 439. The zero-order valence-corrected chi connectivity index (χ0v) is 8.21. The fraction of sp³-hybridized carbons (Fsp3) is 0.154. The van der Waals surface area contributed by atoms with Gasteiger partial charge in [-0.05, 0) is 23.6 Å². The number of hydrogen-bond acceptors (Lipinski definition) is 1. The van der Waals surface area contributed by atoms with Gasteiger partial charge >= 0.3 is 0 Å². The number of hydrogen-bond donors (Lipinski definition) is 0. The van der Waals surface area contributed by atoms with E-state index in [0.29, 0.717) is 6.42 Å². The molecule has 0 aromatic heterocycles. The van der Waals surface area contributed by atoms with Gasteiger partial charge in [0.05, 0.1) is 0 Å². The van der Waals surface area contributed by atoms with Gasteiger partial charge in [-0.1, -0.05) is 36.9 Å². The van der Waals surface area contributed by atoms with Crippen LogP contribution >= 0.6 is 0 Å². The summed E-state index contributed by atoms with van der Waals surface area (Å²) in [6.07, 6.45) is 4.36. The van der Waals surface area contributed by atoms with Gasteiger partial charge in [0, 0.05) is 12.0 Å². The van der Waals surface area contributed by atoms with E-state index >= 15 is 0 Å². The summed E-state index contributed by atoms with van der Waals surface area (Å²) in [4.78, 5) is 11.6. The van der Waals surface area contributed by atoms with Gasteiger partial charge in [-0.15, -0.1) is 0 Å². The lowest BCUT2D eigenvalue weighted by molar-refractivity contribution is 0.100. The average Bonchev–Trinajstić information content (AvgIpc) is 2.56. The van der Waals surface area contributed by atoms with Crippen LogP contribution in [0.3, 0.4) is 0 Å². The molecule has 0 spiro atoms. The monoisotopic (exact) mass is 184 g/mol. The molecule has 1 heteroatoms. The Morgan fingerprint density at radius 2 is 2.21 bits per heavy atom. The van der Waals surface area contributed by atoms with Crippen LogP contribution in [0.4, 0.5) is 0 Å². The van der Waals surface area contributed by atoms with Crippen molar-refractivity contribution >= 4 is 17.4 Å². The molecule has 0 saturated heterocycles. The topological polar surface area (TPSA) is 17.1 Å². The number of allylic oxidation sites excluding steroid dienone is 2. The average molecular weight is 184 g/mol. The van der Waals surface area contributed by atoms with Crippen molar-refractivity contribution in [2.24, 2.45) is 0 Å². The van der Waals surface area contributed by atoms with E-state index in [2.05, 4.69) is 6.58 Å². The lowest BCUT2D eigenvalue weighted by atomic mass is 10.0. The fourth-order valence-electron chi connectivity index (χ4n) is 1.93. The SMILES string of the molecule is C=Cc1cccc2c1/C(=C\C)CC2=O. The second kappa shape index (κ2) is 3.26. The molecular weight excluding hydrogens is 172 g/mol. The molecule has 0 unspecified atom stereocenters. The predicted molar refractivity (Wildman–Crippen MR) is 59.1 cm³/mol. The van der Waals surface area contributed by atoms with Crippen LogP contribution in [0.5, 0.6) is 0 Å². The third kappa shape index (κ3) is 1.13. The lowest BCUT2D eigenvalue weighted by Gasteiger charge is -2.03. The first kappa shape index (κ1) is 8.95. The second-order valence-corrected chi connectivity index (χ2v) is 3.39. The van der Waals surface area contributed by atoms with Crippen molar-refractivity contribution in [3.8, 4) is 0 Å². The Hall–Kier alpha value is -1.63. The minimum absolute atomic E-state index is 0.219. The molecule has 70 valence electrons. The summed E-state index contributed by atoms with van der Waals surface area (Å²) in [7, 11) is 0. The maximum absolute atomic E-state index is 11.6. The Morgan fingerprint density at radius 1 is 1.43 bits per heavy atom. The molecule has 14 heavy (non-hydrogen) atoms. The largest absolute Gasteiger partial charge is 0.294 e. The quantitative estimate of drug-likeness (QED) is 0.654. The summed E-state index contributed by atoms with van der Waals surface area (Å²) in [5.74, 6) is 0.219. The van der Waals surface area contributed by atoms with Gasteiger partial charge in [0.25, 0.3) is 0 Å². The van der Waals surface area contributed by atoms with Gasteiger partial charge < -0.3 is 0 Å².